The monoisotopic (exact) mass is 381 g/mol. The van der Waals surface area contributed by atoms with Crippen LogP contribution in [0.3, 0.4) is 0 Å². The molecule has 0 fully saturated rings. The van der Waals surface area contributed by atoms with Crippen LogP contribution in [0.25, 0.3) is 0 Å². The van der Waals surface area contributed by atoms with Gasteiger partial charge in [-0.15, -0.1) is 0 Å². The van der Waals surface area contributed by atoms with E-state index >= 15 is 0 Å². The Hall–Kier alpha value is -3.03. The molecule has 5 nitrogen and oxygen atoms in total. The highest BCUT2D eigenvalue weighted by molar-refractivity contribution is 5.94. The van der Waals surface area contributed by atoms with Crippen molar-refractivity contribution in [2.24, 2.45) is 0 Å². The lowest BCUT2D eigenvalue weighted by Gasteiger charge is -2.10. The molecule has 0 saturated heterocycles. The van der Waals surface area contributed by atoms with E-state index < -0.39 is 12.8 Å². The number of Topliss-reactive ketones (excluding diaryl/α,β-unsaturated/α-hetero) is 1. The second kappa shape index (κ2) is 9.07. The lowest BCUT2D eigenvalue weighted by molar-refractivity contribution is -0.153. The van der Waals surface area contributed by atoms with Gasteiger partial charge in [0.2, 0.25) is 0 Å². The number of hydrogen-bond donors (Lipinski definition) is 1. The molecule has 0 unspecified atom stereocenters. The molecule has 27 heavy (non-hydrogen) atoms. The van der Waals surface area contributed by atoms with Crippen LogP contribution in [0.15, 0.2) is 48.5 Å². The third-order valence-electron chi connectivity index (χ3n) is 3.45. The molecule has 0 bridgehead atoms. The molecule has 0 aliphatic heterocycles. The van der Waals surface area contributed by atoms with Crippen LogP contribution in [0.5, 0.6) is 11.5 Å². The molecule has 0 aliphatic carbocycles. The Bertz CT molecular complexity index is 771. The van der Waals surface area contributed by atoms with Gasteiger partial charge in [0.05, 0.1) is 0 Å². The van der Waals surface area contributed by atoms with Gasteiger partial charge in [-0.2, -0.15) is 13.2 Å². The zero-order valence-electron chi connectivity index (χ0n) is 14.5. The summed E-state index contributed by atoms with van der Waals surface area (Å²) >= 11 is 0. The van der Waals surface area contributed by atoms with Crippen molar-refractivity contribution in [3.63, 3.8) is 0 Å². The third-order valence-corrected chi connectivity index (χ3v) is 3.45. The van der Waals surface area contributed by atoms with E-state index in [2.05, 4.69) is 10.1 Å². The fourth-order valence-corrected chi connectivity index (χ4v) is 2.06. The van der Waals surface area contributed by atoms with E-state index in [1.807, 2.05) is 0 Å². The van der Waals surface area contributed by atoms with Gasteiger partial charge < -0.3 is 14.8 Å². The summed E-state index contributed by atoms with van der Waals surface area (Å²) in [5.74, 6) is 0.137. The van der Waals surface area contributed by atoms with Crippen LogP contribution in [0.1, 0.15) is 22.8 Å². The molecule has 0 atom stereocenters. The zero-order valence-corrected chi connectivity index (χ0v) is 14.5. The van der Waals surface area contributed by atoms with Crippen molar-refractivity contribution in [3.8, 4) is 11.5 Å². The minimum Gasteiger partial charge on any atom is -0.484 e. The molecule has 2 aromatic rings. The van der Waals surface area contributed by atoms with Gasteiger partial charge in [-0.1, -0.05) is 12.1 Å². The molecule has 1 amide bonds. The highest BCUT2D eigenvalue weighted by Gasteiger charge is 2.28. The van der Waals surface area contributed by atoms with E-state index in [9.17, 15) is 22.8 Å². The fraction of sp³-hybridized carbons (Fsp3) is 0.263. The Labute approximate surface area is 154 Å². The first-order valence-electron chi connectivity index (χ1n) is 8.02. The van der Waals surface area contributed by atoms with E-state index in [0.717, 1.165) is 0 Å². The summed E-state index contributed by atoms with van der Waals surface area (Å²) in [6.07, 6.45) is -4.39. The lowest BCUT2D eigenvalue weighted by atomic mass is 10.1. The van der Waals surface area contributed by atoms with Crippen LogP contribution in [-0.4, -0.2) is 31.1 Å². The molecule has 0 aromatic heterocycles. The van der Waals surface area contributed by atoms with Crippen molar-refractivity contribution in [3.05, 3.63) is 59.7 Å². The maximum absolute atomic E-state index is 12.1. The summed E-state index contributed by atoms with van der Waals surface area (Å²) in [6, 6.07) is 12.4. The van der Waals surface area contributed by atoms with Crippen molar-refractivity contribution in [2.75, 3.05) is 13.2 Å². The predicted molar refractivity (Wildman–Crippen MR) is 91.8 cm³/mol. The van der Waals surface area contributed by atoms with E-state index in [-0.39, 0.29) is 30.6 Å². The van der Waals surface area contributed by atoms with Gasteiger partial charge in [0.15, 0.2) is 19.0 Å². The standard InChI is InChI=1S/C19H18F3NO4/c1-13(24)15-4-8-16(9-5-15)26-11-18(25)23-10-14-2-6-17(7-3-14)27-12-19(20,21)22/h2-9H,10-12H2,1H3,(H,23,25). The van der Waals surface area contributed by atoms with Gasteiger partial charge in [0.25, 0.3) is 5.91 Å². The topological polar surface area (TPSA) is 64.6 Å². The largest absolute Gasteiger partial charge is 0.484 e. The van der Waals surface area contributed by atoms with Crippen LogP contribution in [0.4, 0.5) is 13.2 Å². The first-order chi connectivity index (χ1) is 12.7. The number of carbonyl (C=O) groups is 2. The Balaban J connectivity index is 1.74. The fourth-order valence-electron chi connectivity index (χ4n) is 2.06. The number of carbonyl (C=O) groups excluding carboxylic acids is 2. The summed E-state index contributed by atoms with van der Waals surface area (Å²) < 4.78 is 46.2. The zero-order chi connectivity index (χ0) is 19.9. The number of alkyl halides is 3. The van der Waals surface area contributed by atoms with E-state index in [0.29, 0.717) is 16.9 Å². The van der Waals surface area contributed by atoms with Crippen molar-refractivity contribution < 1.29 is 32.2 Å². The third kappa shape index (κ3) is 7.39. The number of rotatable bonds is 8. The van der Waals surface area contributed by atoms with E-state index in [1.54, 1.807) is 36.4 Å². The molecule has 0 heterocycles. The summed E-state index contributed by atoms with van der Waals surface area (Å²) in [6.45, 7) is 0.101. The van der Waals surface area contributed by atoms with Crippen LogP contribution in [-0.2, 0) is 11.3 Å². The number of benzene rings is 2. The minimum atomic E-state index is -4.39. The van der Waals surface area contributed by atoms with Gasteiger partial charge in [-0.3, -0.25) is 9.59 Å². The Kier molecular flexibility index (Phi) is 6.81. The van der Waals surface area contributed by atoms with Crippen molar-refractivity contribution in [2.45, 2.75) is 19.6 Å². The Morgan fingerprint density at radius 3 is 2.04 bits per heavy atom. The van der Waals surface area contributed by atoms with Crippen LogP contribution >= 0.6 is 0 Å². The lowest BCUT2D eigenvalue weighted by Crippen LogP contribution is -2.28. The van der Waals surface area contributed by atoms with Gasteiger partial charge in [0.1, 0.15) is 11.5 Å². The van der Waals surface area contributed by atoms with Crippen LogP contribution in [0, 0.1) is 0 Å². The highest BCUT2D eigenvalue weighted by Crippen LogP contribution is 2.19. The molecule has 0 radical (unpaired) electrons. The molecule has 0 saturated carbocycles. The second-order valence-corrected chi connectivity index (χ2v) is 5.69. The molecular weight excluding hydrogens is 363 g/mol. The summed E-state index contributed by atoms with van der Waals surface area (Å²) in [4.78, 5) is 23.0. The molecular formula is C19H18F3NO4. The van der Waals surface area contributed by atoms with Crippen molar-refractivity contribution >= 4 is 11.7 Å². The number of ketones is 1. The van der Waals surface area contributed by atoms with Gasteiger partial charge in [-0.05, 0) is 48.9 Å². The molecule has 2 rings (SSSR count). The van der Waals surface area contributed by atoms with Crippen molar-refractivity contribution in [1.29, 1.82) is 0 Å². The smallest absolute Gasteiger partial charge is 0.422 e. The molecule has 1 N–H and O–H groups in total. The predicted octanol–water partition coefficient (Wildman–Crippen LogP) is 3.53. The van der Waals surface area contributed by atoms with E-state index in [1.165, 1.54) is 19.1 Å². The highest BCUT2D eigenvalue weighted by atomic mass is 19.4. The van der Waals surface area contributed by atoms with E-state index in [4.69, 9.17) is 4.74 Å². The van der Waals surface area contributed by atoms with Gasteiger partial charge in [-0.25, -0.2) is 0 Å². The van der Waals surface area contributed by atoms with Crippen LogP contribution < -0.4 is 14.8 Å². The Morgan fingerprint density at radius 2 is 1.48 bits per heavy atom. The summed E-state index contributed by atoms with van der Waals surface area (Å²) in [5.41, 5.74) is 1.25. The number of halogens is 3. The number of hydrogen-bond acceptors (Lipinski definition) is 4. The first-order valence-corrected chi connectivity index (χ1v) is 8.02. The molecule has 0 spiro atoms. The SMILES string of the molecule is CC(=O)c1ccc(OCC(=O)NCc2ccc(OCC(F)(F)F)cc2)cc1. The number of ether oxygens (including phenoxy) is 2. The summed E-state index contributed by atoms with van der Waals surface area (Å²) in [7, 11) is 0. The first kappa shape index (κ1) is 20.3. The minimum absolute atomic E-state index is 0.0610. The number of nitrogens with one attached hydrogen (secondary N) is 1. The maximum atomic E-state index is 12.1. The Morgan fingerprint density at radius 1 is 0.926 bits per heavy atom. The van der Waals surface area contributed by atoms with Crippen LogP contribution in [0.2, 0.25) is 0 Å². The molecule has 0 aliphatic rings. The average molecular weight is 381 g/mol. The van der Waals surface area contributed by atoms with Crippen molar-refractivity contribution in [1.82, 2.24) is 5.32 Å². The normalized spacial score (nSPS) is 11.0. The maximum Gasteiger partial charge on any atom is 0.422 e. The second-order valence-electron chi connectivity index (χ2n) is 5.69. The summed E-state index contributed by atoms with van der Waals surface area (Å²) in [5, 5.41) is 2.64. The average Bonchev–Trinajstić information content (AvgIpc) is 2.63. The molecule has 2 aromatic carbocycles. The van der Waals surface area contributed by atoms with Gasteiger partial charge >= 0.3 is 6.18 Å². The number of amides is 1. The van der Waals surface area contributed by atoms with Gasteiger partial charge in [0, 0.05) is 12.1 Å². The molecule has 144 valence electrons. The quantitative estimate of drug-likeness (QED) is 0.711. The molecule has 8 heteroatoms.